The van der Waals surface area contributed by atoms with Gasteiger partial charge in [-0.2, -0.15) is 0 Å². The molecule has 0 aromatic heterocycles. The van der Waals surface area contributed by atoms with E-state index in [4.69, 9.17) is 5.73 Å². The van der Waals surface area contributed by atoms with Crippen molar-refractivity contribution in [1.29, 1.82) is 0 Å². The number of aliphatic hydroxyl groups is 1. The molecule has 3 N–H and O–H groups in total. The number of nitrogens with two attached hydrogens (primary N) is 1. The maximum Gasteiger partial charge on any atom is 0.143 e. The van der Waals surface area contributed by atoms with E-state index >= 15 is 0 Å². The Morgan fingerprint density at radius 2 is 2.00 bits per heavy atom. The average molecular weight is 177 g/mol. The first-order valence-corrected chi connectivity index (χ1v) is 4.35. The van der Waals surface area contributed by atoms with E-state index in [0.29, 0.717) is 6.42 Å². The molecule has 0 spiro atoms. The first kappa shape index (κ1) is 9.96. The molecule has 1 aromatic rings. The number of hydrogen-bond acceptors (Lipinski definition) is 2. The molecule has 0 radical (unpaired) electrons. The van der Waals surface area contributed by atoms with Crippen LogP contribution < -0.4 is 5.73 Å². The van der Waals surface area contributed by atoms with Gasteiger partial charge < -0.3 is 5.11 Å². The molecular formula is C11H15NO. The highest BCUT2D eigenvalue weighted by atomic mass is 16.3. The van der Waals surface area contributed by atoms with Crippen LogP contribution in [0.5, 0.6) is 0 Å². The predicted molar refractivity (Wildman–Crippen MR) is 54.0 cm³/mol. The average Bonchev–Trinajstić information content (AvgIpc) is 2.16. The van der Waals surface area contributed by atoms with Crippen LogP contribution in [0, 0.1) is 0 Å². The van der Waals surface area contributed by atoms with E-state index in [1.165, 1.54) is 0 Å². The Balaban J connectivity index is 2.81. The molecule has 0 saturated carbocycles. The van der Waals surface area contributed by atoms with Gasteiger partial charge in [0.2, 0.25) is 0 Å². The standard InChI is InChI=1S/C11H15NO/c1-2-3-9-11(12,13)10-7-5-4-6-8-10/h2-8,13H,9,12H2,1H3. The minimum atomic E-state index is -1.24. The lowest BCUT2D eigenvalue weighted by Crippen LogP contribution is -2.35. The van der Waals surface area contributed by atoms with Crippen LogP contribution in [0.15, 0.2) is 42.5 Å². The second-order valence-electron chi connectivity index (χ2n) is 3.06. The summed E-state index contributed by atoms with van der Waals surface area (Å²) < 4.78 is 0. The molecule has 0 aliphatic carbocycles. The first-order chi connectivity index (χ1) is 6.17. The highest BCUT2D eigenvalue weighted by Gasteiger charge is 2.20. The van der Waals surface area contributed by atoms with Gasteiger partial charge in [0.25, 0.3) is 0 Å². The Bertz CT molecular complexity index is 277. The lowest BCUT2D eigenvalue weighted by atomic mass is 10.0. The van der Waals surface area contributed by atoms with Crippen molar-refractivity contribution >= 4 is 0 Å². The molecule has 0 saturated heterocycles. The van der Waals surface area contributed by atoms with Gasteiger partial charge in [-0.1, -0.05) is 42.5 Å². The largest absolute Gasteiger partial charge is 0.371 e. The van der Waals surface area contributed by atoms with Gasteiger partial charge in [-0.3, -0.25) is 5.73 Å². The van der Waals surface area contributed by atoms with Gasteiger partial charge >= 0.3 is 0 Å². The lowest BCUT2D eigenvalue weighted by Gasteiger charge is -2.21. The summed E-state index contributed by atoms with van der Waals surface area (Å²) in [5, 5.41) is 9.84. The summed E-state index contributed by atoms with van der Waals surface area (Å²) in [6, 6.07) is 9.27. The fraction of sp³-hybridized carbons (Fsp3) is 0.273. The molecule has 2 heteroatoms. The van der Waals surface area contributed by atoms with Crippen molar-refractivity contribution in [2.24, 2.45) is 5.73 Å². The minimum absolute atomic E-state index is 0.438. The number of rotatable bonds is 3. The first-order valence-electron chi connectivity index (χ1n) is 4.35. The zero-order chi connectivity index (χ0) is 9.73. The predicted octanol–water partition coefficient (Wildman–Crippen LogP) is 1.76. The highest BCUT2D eigenvalue weighted by molar-refractivity contribution is 5.21. The van der Waals surface area contributed by atoms with Gasteiger partial charge in [-0.25, -0.2) is 0 Å². The third-order valence-electron chi connectivity index (χ3n) is 1.94. The monoisotopic (exact) mass is 177 g/mol. The number of allylic oxidation sites excluding steroid dienone is 1. The summed E-state index contributed by atoms with van der Waals surface area (Å²) in [6.07, 6.45) is 4.17. The summed E-state index contributed by atoms with van der Waals surface area (Å²) in [5.74, 6) is 0. The second kappa shape index (κ2) is 4.21. The smallest absolute Gasteiger partial charge is 0.143 e. The molecule has 13 heavy (non-hydrogen) atoms. The summed E-state index contributed by atoms with van der Waals surface area (Å²) in [6.45, 7) is 1.90. The molecular weight excluding hydrogens is 162 g/mol. The molecule has 0 aliphatic heterocycles. The van der Waals surface area contributed by atoms with E-state index in [1.807, 2.05) is 49.4 Å². The molecule has 0 fully saturated rings. The van der Waals surface area contributed by atoms with E-state index < -0.39 is 5.72 Å². The van der Waals surface area contributed by atoms with Crippen LogP contribution >= 0.6 is 0 Å². The van der Waals surface area contributed by atoms with Crippen LogP contribution in [-0.2, 0) is 5.72 Å². The molecule has 0 heterocycles. The van der Waals surface area contributed by atoms with Crippen molar-refractivity contribution < 1.29 is 5.11 Å². The summed E-state index contributed by atoms with van der Waals surface area (Å²) in [5.41, 5.74) is 5.23. The molecule has 1 unspecified atom stereocenters. The fourth-order valence-corrected chi connectivity index (χ4v) is 1.14. The SMILES string of the molecule is CC=CCC(N)(O)c1ccccc1. The second-order valence-corrected chi connectivity index (χ2v) is 3.06. The summed E-state index contributed by atoms with van der Waals surface area (Å²) >= 11 is 0. The normalized spacial score (nSPS) is 15.9. The van der Waals surface area contributed by atoms with Gasteiger partial charge in [0, 0.05) is 6.42 Å². The van der Waals surface area contributed by atoms with E-state index in [-0.39, 0.29) is 0 Å². The van der Waals surface area contributed by atoms with E-state index in [0.717, 1.165) is 5.56 Å². The third kappa shape index (κ3) is 2.68. The molecule has 0 amide bonds. The van der Waals surface area contributed by atoms with Crippen LogP contribution in [0.4, 0.5) is 0 Å². The van der Waals surface area contributed by atoms with Gasteiger partial charge in [0.1, 0.15) is 5.72 Å². The fourth-order valence-electron chi connectivity index (χ4n) is 1.14. The number of hydrogen-bond donors (Lipinski definition) is 2. The molecule has 0 aliphatic rings. The van der Waals surface area contributed by atoms with Crippen LogP contribution in [0.2, 0.25) is 0 Å². The minimum Gasteiger partial charge on any atom is -0.371 e. The van der Waals surface area contributed by atoms with E-state index in [2.05, 4.69) is 0 Å². The third-order valence-corrected chi connectivity index (χ3v) is 1.94. The summed E-state index contributed by atoms with van der Waals surface area (Å²) in [7, 11) is 0. The van der Waals surface area contributed by atoms with E-state index in [1.54, 1.807) is 0 Å². The summed E-state index contributed by atoms with van der Waals surface area (Å²) in [4.78, 5) is 0. The van der Waals surface area contributed by atoms with Gasteiger partial charge in [-0.15, -0.1) is 0 Å². The Morgan fingerprint density at radius 3 is 2.54 bits per heavy atom. The highest BCUT2D eigenvalue weighted by Crippen LogP contribution is 2.18. The molecule has 2 nitrogen and oxygen atoms in total. The Hall–Kier alpha value is -1.12. The number of benzene rings is 1. The Labute approximate surface area is 78.7 Å². The van der Waals surface area contributed by atoms with Crippen molar-refractivity contribution in [3.8, 4) is 0 Å². The van der Waals surface area contributed by atoms with Crippen molar-refractivity contribution in [1.82, 2.24) is 0 Å². The van der Waals surface area contributed by atoms with Gasteiger partial charge in [0.15, 0.2) is 0 Å². The van der Waals surface area contributed by atoms with Crippen molar-refractivity contribution in [3.05, 3.63) is 48.0 Å². The molecule has 0 bridgehead atoms. The van der Waals surface area contributed by atoms with E-state index in [9.17, 15) is 5.11 Å². The molecule has 70 valence electrons. The van der Waals surface area contributed by atoms with Crippen LogP contribution in [-0.4, -0.2) is 5.11 Å². The molecule has 1 aromatic carbocycles. The maximum absolute atomic E-state index is 9.84. The quantitative estimate of drug-likeness (QED) is 0.546. The Morgan fingerprint density at radius 1 is 1.38 bits per heavy atom. The van der Waals surface area contributed by atoms with Crippen molar-refractivity contribution in [2.45, 2.75) is 19.1 Å². The van der Waals surface area contributed by atoms with Crippen LogP contribution in [0.3, 0.4) is 0 Å². The zero-order valence-electron chi connectivity index (χ0n) is 7.77. The molecule has 1 atom stereocenters. The van der Waals surface area contributed by atoms with Crippen LogP contribution in [0.25, 0.3) is 0 Å². The topological polar surface area (TPSA) is 46.2 Å². The zero-order valence-corrected chi connectivity index (χ0v) is 7.77. The molecule has 1 rings (SSSR count). The maximum atomic E-state index is 9.84. The Kier molecular flexibility index (Phi) is 3.23. The van der Waals surface area contributed by atoms with Crippen LogP contribution in [0.1, 0.15) is 18.9 Å². The van der Waals surface area contributed by atoms with Gasteiger partial charge in [0.05, 0.1) is 0 Å². The van der Waals surface area contributed by atoms with Crippen molar-refractivity contribution in [3.63, 3.8) is 0 Å². The lowest BCUT2D eigenvalue weighted by molar-refractivity contribution is 0.0468. The van der Waals surface area contributed by atoms with Gasteiger partial charge in [-0.05, 0) is 12.5 Å². The van der Waals surface area contributed by atoms with Crippen molar-refractivity contribution in [2.75, 3.05) is 0 Å².